The zero-order chi connectivity index (χ0) is 16.7. The molecule has 8 heteroatoms. The number of nitrogens with zero attached hydrogens (tertiary/aromatic N) is 3. The van der Waals surface area contributed by atoms with Gasteiger partial charge in [0.25, 0.3) is 0 Å². The molecule has 1 unspecified atom stereocenters. The van der Waals surface area contributed by atoms with E-state index in [1.807, 2.05) is 18.2 Å². The van der Waals surface area contributed by atoms with E-state index in [0.717, 1.165) is 24.9 Å². The maximum atomic E-state index is 11.1. The third kappa shape index (κ3) is 2.32. The molecule has 0 spiro atoms. The Morgan fingerprint density at radius 3 is 2.92 bits per heavy atom. The number of nitrogens with two attached hydrogens (primary N) is 1. The first-order valence-electron chi connectivity index (χ1n) is 7.68. The summed E-state index contributed by atoms with van der Waals surface area (Å²) in [6.45, 7) is 0. The van der Waals surface area contributed by atoms with Crippen molar-refractivity contribution in [3.05, 3.63) is 51.6 Å². The Morgan fingerprint density at radius 1 is 1.25 bits per heavy atom. The van der Waals surface area contributed by atoms with E-state index in [-0.39, 0.29) is 17.2 Å². The molecule has 122 valence electrons. The van der Waals surface area contributed by atoms with Gasteiger partial charge in [-0.25, -0.2) is 4.63 Å². The third-order valence-electron chi connectivity index (χ3n) is 4.40. The highest BCUT2D eigenvalue weighted by molar-refractivity contribution is 5.93. The Balaban J connectivity index is 1.73. The molecular formula is C16H15N5O3. The molecule has 3 aromatic rings. The summed E-state index contributed by atoms with van der Waals surface area (Å²) in [5.41, 5.74) is 10.1. The molecular weight excluding hydrogens is 310 g/mol. The van der Waals surface area contributed by atoms with Gasteiger partial charge < -0.3 is 11.1 Å². The highest BCUT2D eigenvalue weighted by atomic mass is 16.6. The van der Waals surface area contributed by atoms with Crippen molar-refractivity contribution in [1.29, 1.82) is 0 Å². The molecule has 0 fully saturated rings. The molecule has 1 aliphatic rings. The van der Waals surface area contributed by atoms with E-state index in [9.17, 15) is 10.1 Å². The fraction of sp³-hybridized carbons (Fsp3) is 0.250. The summed E-state index contributed by atoms with van der Waals surface area (Å²) in [6.07, 6.45) is 3.00. The number of anilines is 2. The van der Waals surface area contributed by atoms with Gasteiger partial charge >= 0.3 is 5.69 Å². The molecule has 4 rings (SSSR count). The number of nitrogens with one attached hydrogen (secondary N) is 1. The van der Waals surface area contributed by atoms with Crippen LogP contribution in [0.3, 0.4) is 0 Å². The van der Waals surface area contributed by atoms with E-state index in [0.29, 0.717) is 11.2 Å². The molecule has 0 radical (unpaired) electrons. The normalized spacial score (nSPS) is 16.8. The van der Waals surface area contributed by atoms with Crippen molar-refractivity contribution in [3.63, 3.8) is 0 Å². The monoisotopic (exact) mass is 325 g/mol. The number of rotatable bonds is 3. The Hall–Kier alpha value is -3.16. The second kappa shape index (κ2) is 5.48. The topological polar surface area (TPSA) is 120 Å². The molecule has 1 aliphatic carbocycles. The highest BCUT2D eigenvalue weighted by Gasteiger charge is 2.24. The molecule has 0 saturated carbocycles. The standard InChI is InChI=1S/C16H15N5O3/c17-10-4-5-11-9(8-10)2-1-3-12(11)18-13-6-7-14(21(22)23)16-15(13)19-24-20-16/h4-8,12,18H,1-3,17H2. The maximum absolute atomic E-state index is 11.1. The van der Waals surface area contributed by atoms with Crippen molar-refractivity contribution in [2.45, 2.75) is 25.3 Å². The van der Waals surface area contributed by atoms with Crippen LogP contribution in [-0.2, 0) is 6.42 Å². The van der Waals surface area contributed by atoms with Gasteiger partial charge in [0.15, 0.2) is 5.52 Å². The van der Waals surface area contributed by atoms with Crippen LogP contribution in [0.1, 0.15) is 30.0 Å². The van der Waals surface area contributed by atoms with Crippen molar-refractivity contribution in [1.82, 2.24) is 10.3 Å². The number of nitrogen functional groups attached to an aromatic ring is 1. The average molecular weight is 325 g/mol. The molecule has 0 amide bonds. The second-order valence-corrected chi connectivity index (χ2v) is 5.90. The number of non-ortho nitro benzene ring substituents is 1. The van der Waals surface area contributed by atoms with E-state index in [1.165, 1.54) is 17.2 Å². The van der Waals surface area contributed by atoms with Crippen LogP contribution in [0.2, 0.25) is 0 Å². The van der Waals surface area contributed by atoms with E-state index < -0.39 is 4.92 Å². The van der Waals surface area contributed by atoms with E-state index >= 15 is 0 Å². The Kier molecular flexibility index (Phi) is 3.30. The number of hydrogen-bond donors (Lipinski definition) is 2. The average Bonchev–Trinajstić information content (AvgIpc) is 3.04. The summed E-state index contributed by atoms with van der Waals surface area (Å²) in [4.78, 5) is 10.6. The molecule has 0 aliphatic heterocycles. The minimum atomic E-state index is -0.491. The largest absolute Gasteiger partial charge is 0.399 e. The smallest absolute Gasteiger partial charge is 0.300 e. The van der Waals surface area contributed by atoms with Gasteiger partial charge in [-0.05, 0) is 58.9 Å². The minimum Gasteiger partial charge on any atom is -0.399 e. The summed E-state index contributed by atoms with van der Waals surface area (Å²) in [5.74, 6) is 0. The van der Waals surface area contributed by atoms with E-state index in [4.69, 9.17) is 10.4 Å². The number of aromatic nitrogens is 2. The minimum absolute atomic E-state index is 0.0932. The van der Waals surface area contributed by atoms with Crippen LogP contribution in [0.5, 0.6) is 0 Å². The van der Waals surface area contributed by atoms with Gasteiger partial charge in [0, 0.05) is 11.8 Å². The van der Waals surface area contributed by atoms with Gasteiger partial charge in [0.1, 0.15) is 0 Å². The molecule has 3 N–H and O–H groups in total. The van der Waals surface area contributed by atoms with Gasteiger partial charge in [-0.15, -0.1) is 0 Å². The highest BCUT2D eigenvalue weighted by Crippen LogP contribution is 2.36. The fourth-order valence-electron chi connectivity index (χ4n) is 3.29. The van der Waals surface area contributed by atoms with E-state index in [1.54, 1.807) is 6.07 Å². The number of aryl methyl sites for hydroxylation is 1. The molecule has 24 heavy (non-hydrogen) atoms. The molecule has 0 bridgehead atoms. The van der Waals surface area contributed by atoms with Crippen molar-refractivity contribution >= 4 is 28.1 Å². The van der Waals surface area contributed by atoms with Crippen LogP contribution in [-0.4, -0.2) is 15.2 Å². The molecule has 0 saturated heterocycles. The Bertz CT molecular complexity index is 937. The van der Waals surface area contributed by atoms with Crippen molar-refractivity contribution in [3.8, 4) is 0 Å². The molecule has 2 aromatic carbocycles. The van der Waals surface area contributed by atoms with Gasteiger partial charge in [-0.2, -0.15) is 0 Å². The second-order valence-electron chi connectivity index (χ2n) is 5.90. The van der Waals surface area contributed by atoms with Crippen LogP contribution in [0.4, 0.5) is 17.1 Å². The van der Waals surface area contributed by atoms with Crippen LogP contribution < -0.4 is 11.1 Å². The van der Waals surface area contributed by atoms with Crippen LogP contribution in [0.15, 0.2) is 35.0 Å². The summed E-state index contributed by atoms with van der Waals surface area (Å²) in [6, 6.07) is 9.09. The predicted octanol–water partition coefficient (Wildman–Crippen LogP) is 3.20. The van der Waals surface area contributed by atoms with Crippen molar-refractivity contribution in [2.24, 2.45) is 0 Å². The third-order valence-corrected chi connectivity index (χ3v) is 4.40. The number of nitro groups is 1. The molecule has 1 atom stereocenters. The first kappa shape index (κ1) is 14.4. The van der Waals surface area contributed by atoms with Crippen LogP contribution >= 0.6 is 0 Å². The van der Waals surface area contributed by atoms with Crippen LogP contribution in [0, 0.1) is 10.1 Å². The quantitative estimate of drug-likeness (QED) is 0.431. The first-order chi connectivity index (χ1) is 11.6. The lowest BCUT2D eigenvalue weighted by Crippen LogP contribution is -2.17. The summed E-state index contributed by atoms with van der Waals surface area (Å²) < 4.78 is 4.71. The lowest BCUT2D eigenvalue weighted by molar-refractivity contribution is -0.383. The Labute approximate surface area is 136 Å². The lowest BCUT2D eigenvalue weighted by atomic mass is 9.87. The summed E-state index contributed by atoms with van der Waals surface area (Å²) in [7, 11) is 0. The zero-order valence-corrected chi connectivity index (χ0v) is 12.7. The lowest BCUT2D eigenvalue weighted by Gasteiger charge is -2.27. The fourth-order valence-corrected chi connectivity index (χ4v) is 3.29. The number of fused-ring (bicyclic) bond motifs is 2. The van der Waals surface area contributed by atoms with Crippen molar-refractivity contribution in [2.75, 3.05) is 11.1 Å². The van der Waals surface area contributed by atoms with Crippen LogP contribution in [0.25, 0.3) is 11.0 Å². The number of hydrogen-bond acceptors (Lipinski definition) is 7. The first-order valence-corrected chi connectivity index (χ1v) is 7.68. The maximum Gasteiger partial charge on any atom is 0.300 e. The molecule has 1 aromatic heterocycles. The van der Waals surface area contributed by atoms with Gasteiger partial charge in [0.05, 0.1) is 16.7 Å². The number of nitro benzene ring substituents is 1. The molecule has 1 heterocycles. The SMILES string of the molecule is Nc1ccc2c(c1)CCCC2Nc1ccc([N+](=O)[O-])c2nonc12. The van der Waals surface area contributed by atoms with Gasteiger partial charge in [-0.1, -0.05) is 6.07 Å². The zero-order valence-electron chi connectivity index (χ0n) is 12.7. The summed E-state index contributed by atoms with van der Waals surface area (Å²) >= 11 is 0. The molecule has 8 nitrogen and oxygen atoms in total. The Morgan fingerprint density at radius 2 is 2.08 bits per heavy atom. The van der Waals surface area contributed by atoms with Crippen molar-refractivity contribution < 1.29 is 9.55 Å². The number of benzene rings is 2. The predicted molar refractivity (Wildman–Crippen MR) is 88.6 cm³/mol. The van der Waals surface area contributed by atoms with Gasteiger partial charge in [0.2, 0.25) is 5.52 Å². The van der Waals surface area contributed by atoms with E-state index in [2.05, 4.69) is 15.6 Å². The van der Waals surface area contributed by atoms with Gasteiger partial charge in [-0.3, -0.25) is 10.1 Å². The summed E-state index contributed by atoms with van der Waals surface area (Å²) in [5, 5.41) is 22.0.